The van der Waals surface area contributed by atoms with Gasteiger partial charge >= 0.3 is 10.4 Å². The number of nitrogens with one attached hydrogen (secondary N) is 1. The van der Waals surface area contributed by atoms with Crippen LogP contribution in [0.15, 0.2) is 0 Å². The summed E-state index contributed by atoms with van der Waals surface area (Å²) >= 11 is 0. The van der Waals surface area contributed by atoms with Crippen molar-refractivity contribution in [2.75, 3.05) is 13.2 Å². The molecule has 0 saturated carbocycles. The second kappa shape index (κ2) is 51.5. The Morgan fingerprint density at radius 3 is 1.08 bits per heavy atom. The van der Waals surface area contributed by atoms with Crippen LogP contribution in [0.2, 0.25) is 0 Å². The van der Waals surface area contributed by atoms with Gasteiger partial charge in [0, 0.05) is 6.42 Å². The molecule has 0 bridgehead atoms. The van der Waals surface area contributed by atoms with E-state index in [1.807, 2.05) is 0 Å². The molecule has 13 heteroatoms. The van der Waals surface area contributed by atoms with Crippen molar-refractivity contribution in [3.05, 3.63) is 0 Å². The Morgan fingerprint density at radius 1 is 0.486 bits per heavy atom. The number of hydrogen-bond acceptors (Lipinski definition) is 10. The summed E-state index contributed by atoms with van der Waals surface area (Å²) in [6, 6.07) is -0.854. The molecule has 1 heterocycles. The Labute approximate surface area is 456 Å². The molecule has 0 spiro atoms. The molecule has 0 aromatic heterocycles. The maximum atomic E-state index is 13.2. The van der Waals surface area contributed by atoms with E-state index in [9.17, 15) is 38.2 Å². The first-order valence-electron chi connectivity index (χ1n) is 31.9. The van der Waals surface area contributed by atoms with E-state index >= 15 is 0 Å². The average Bonchev–Trinajstić information content (AvgIpc) is 3.38. The topological polar surface area (TPSA) is 192 Å². The number of carbonyl (C=O) groups excluding carboxylic acids is 1. The number of aliphatic hydroxyl groups is 4. The molecular formula is C61H121NO11S. The Bertz CT molecular complexity index is 1310. The lowest BCUT2D eigenvalue weighted by atomic mass is 9.99. The summed E-state index contributed by atoms with van der Waals surface area (Å²) in [6.45, 7) is 3.52. The van der Waals surface area contributed by atoms with Crippen molar-refractivity contribution in [2.45, 2.75) is 371 Å². The van der Waals surface area contributed by atoms with Gasteiger partial charge in [-0.25, -0.2) is 4.18 Å². The number of ether oxygens (including phenoxy) is 2. The third-order valence-corrected chi connectivity index (χ3v) is 16.1. The van der Waals surface area contributed by atoms with Crippen LogP contribution in [-0.4, -0.2) is 95.4 Å². The van der Waals surface area contributed by atoms with E-state index in [1.54, 1.807) is 0 Å². The quantitative estimate of drug-likeness (QED) is 0.0251. The summed E-state index contributed by atoms with van der Waals surface area (Å²) in [4.78, 5) is 13.2. The number of unbranched alkanes of at least 4 members (excludes halogenated alkanes) is 45. The van der Waals surface area contributed by atoms with E-state index in [1.165, 1.54) is 250 Å². The van der Waals surface area contributed by atoms with Crippen molar-refractivity contribution < 1.29 is 51.8 Å². The highest BCUT2D eigenvalue weighted by Crippen LogP contribution is 2.26. The molecule has 0 aliphatic carbocycles. The minimum Gasteiger partial charge on any atom is -0.394 e. The van der Waals surface area contributed by atoms with Gasteiger partial charge in [0.1, 0.15) is 24.4 Å². The zero-order chi connectivity index (χ0) is 54.0. The minimum absolute atomic E-state index is 0.220. The molecular weight excluding hydrogens is 955 g/mol. The highest BCUT2D eigenvalue weighted by atomic mass is 32.3. The fraction of sp³-hybridized carbons (Fsp3) is 0.984. The number of carbonyl (C=O) groups is 1. The lowest BCUT2D eigenvalue weighted by Crippen LogP contribution is -2.61. The molecule has 442 valence electrons. The van der Waals surface area contributed by atoms with Crippen LogP contribution < -0.4 is 5.32 Å². The Kier molecular flexibility index (Phi) is 49.5. The van der Waals surface area contributed by atoms with Gasteiger partial charge in [0.25, 0.3) is 0 Å². The predicted molar refractivity (Wildman–Crippen MR) is 306 cm³/mol. The summed E-state index contributed by atoms with van der Waals surface area (Å²) in [5, 5.41) is 45.2. The Morgan fingerprint density at radius 2 is 0.784 bits per heavy atom. The van der Waals surface area contributed by atoms with Crippen molar-refractivity contribution >= 4 is 16.3 Å². The maximum Gasteiger partial charge on any atom is 0.397 e. The fourth-order valence-electron chi connectivity index (χ4n) is 10.8. The van der Waals surface area contributed by atoms with Gasteiger partial charge in [0.05, 0.1) is 25.4 Å². The standard InChI is InChI=1S/C61H121NO11S/c1-3-5-7-9-11-13-15-17-19-21-23-24-25-26-27-28-29-30-31-33-35-37-39-41-43-45-47-49-51-57(65)62-54(53-71-61-59(67)60(73-74(68,69)70)58(66)56(52-63)72-61)55(64)50-48-46-44-42-40-38-36-34-32-22-20-18-16-14-12-10-8-6-4-2/h54-56,58-61,63-64,66-67H,3-53H2,1-2H3,(H,62,65)(H,68,69,70). The molecule has 74 heavy (non-hydrogen) atoms. The van der Waals surface area contributed by atoms with Gasteiger partial charge in [0.2, 0.25) is 5.91 Å². The van der Waals surface area contributed by atoms with Gasteiger partial charge in [0.15, 0.2) is 6.29 Å². The molecule has 7 atom stereocenters. The van der Waals surface area contributed by atoms with Gasteiger partial charge in [-0.15, -0.1) is 0 Å². The van der Waals surface area contributed by atoms with E-state index in [-0.39, 0.29) is 12.5 Å². The maximum absolute atomic E-state index is 13.2. The second-order valence-corrected chi connectivity index (χ2v) is 23.8. The molecule has 12 nitrogen and oxygen atoms in total. The summed E-state index contributed by atoms with van der Waals surface area (Å²) in [5.41, 5.74) is 0. The van der Waals surface area contributed by atoms with Gasteiger partial charge in [-0.05, 0) is 12.8 Å². The molecule has 1 fully saturated rings. The lowest BCUT2D eigenvalue weighted by Gasteiger charge is -2.41. The van der Waals surface area contributed by atoms with E-state index in [0.29, 0.717) is 12.8 Å². The number of aliphatic hydroxyl groups excluding tert-OH is 4. The largest absolute Gasteiger partial charge is 0.397 e. The first-order valence-corrected chi connectivity index (χ1v) is 33.3. The molecule has 1 amide bonds. The molecule has 0 aromatic rings. The van der Waals surface area contributed by atoms with E-state index < -0.39 is 59.9 Å². The zero-order valence-electron chi connectivity index (χ0n) is 48.2. The molecule has 1 aliphatic heterocycles. The van der Waals surface area contributed by atoms with Crippen molar-refractivity contribution in [2.24, 2.45) is 0 Å². The van der Waals surface area contributed by atoms with Crippen LogP contribution in [0.5, 0.6) is 0 Å². The molecule has 0 radical (unpaired) electrons. The van der Waals surface area contributed by atoms with Crippen LogP contribution in [0, 0.1) is 0 Å². The third-order valence-electron chi connectivity index (χ3n) is 15.7. The van der Waals surface area contributed by atoms with Gasteiger partial charge < -0.3 is 35.2 Å². The van der Waals surface area contributed by atoms with Gasteiger partial charge in [-0.3, -0.25) is 9.35 Å². The highest BCUT2D eigenvalue weighted by Gasteiger charge is 2.48. The van der Waals surface area contributed by atoms with E-state index in [2.05, 4.69) is 23.3 Å². The minimum atomic E-state index is -5.08. The first-order chi connectivity index (χ1) is 36.0. The van der Waals surface area contributed by atoms with Gasteiger partial charge in [-0.2, -0.15) is 8.42 Å². The summed E-state index contributed by atoms with van der Waals surface area (Å²) in [6.07, 6.45) is 52.6. The van der Waals surface area contributed by atoms with Crippen LogP contribution in [0.3, 0.4) is 0 Å². The van der Waals surface area contributed by atoms with Crippen LogP contribution >= 0.6 is 0 Å². The van der Waals surface area contributed by atoms with Crippen LogP contribution in [0.4, 0.5) is 0 Å². The third kappa shape index (κ3) is 43.0. The molecule has 0 aromatic carbocycles. The number of hydrogen-bond donors (Lipinski definition) is 6. The Balaban J connectivity index is 2.26. The summed E-state index contributed by atoms with van der Waals surface area (Å²) in [5.74, 6) is -0.220. The van der Waals surface area contributed by atoms with Crippen LogP contribution in [0.25, 0.3) is 0 Å². The van der Waals surface area contributed by atoms with Crippen molar-refractivity contribution in [1.29, 1.82) is 0 Å². The SMILES string of the molecule is CCCCCCCCCCCCCCCCCCCCCCCCCCCCCCC(=O)NC(COC1OC(CO)C(O)C(OS(=O)(=O)O)C1O)C(O)CCCCCCCCCCCCCCCCCCCCC. The molecule has 6 N–H and O–H groups in total. The van der Waals surface area contributed by atoms with Crippen LogP contribution in [-0.2, 0) is 28.9 Å². The lowest BCUT2D eigenvalue weighted by molar-refractivity contribution is -0.298. The highest BCUT2D eigenvalue weighted by molar-refractivity contribution is 7.80. The van der Waals surface area contributed by atoms with E-state index in [4.69, 9.17) is 9.47 Å². The fourth-order valence-corrected chi connectivity index (χ4v) is 11.3. The van der Waals surface area contributed by atoms with Crippen molar-refractivity contribution in [3.63, 3.8) is 0 Å². The smallest absolute Gasteiger partial charge is 0.394 e. The average molecular weight is 1080 g/mol. The molecule has 1 aliphatic rings. The van der Waals surface area contributed by atoms with Gasteiger partial charge in [-0.1, -0.05) is 309 Å². The molecule has 1 saturated heterocycles. The summed E-state index contributed by atoms with van der Waals surface area (Å²) in [7, 11) is -5.08. The second-order valence-electron chi connectivity index (χ2n) is 22.7. The van der Waals surface area contributed by atoms with Crippen molar-refractivity contribution in [3.8, 4) is 0 Å². The van der Waals surface area contributed by atoms with Crippen LogP contribution in [0.1, 0.15) is 328 Å². The predicted octanol–water partition coefficient (Wildman–Crippen LogP) is 15.6. The first kappa shape index (κ1) is 71.1. The van der Waals surface area contributed by atoms with E-state index in [0.717, 1.165) is 51.4 Å². The molecule has 7 unspecified atom stereocenters. The monoisotopic (exact) mass is 1080 g/mol. The summed E-state index contributed by atoms with van der Waals surface area (Å²) < 4.78 is 48.0. The van der Waals surface area contributed by atoms with Crippen molar-refractivity contribution in [1.82, 2.24) is 5.32 Å². The Hall–Kier alpha value is -0.900. The number of rotatable bonds is 57. The zero-order valence-corrected chi connectivity index (χ0v) is 49.0. The number of amides is 1. The molecule has 1 rings (SSSR count). The normalized spacial score (nSPS) is 19.0.